The number of aryl methyl sites for hydroxylation is 2. The fourth-order valence-electron chi connectivity index (χ4n) is 2.80. The van der Waals surface area contributed by atoms with Gasteiger partial charge in [0.25, 0.3) is 0 Å². The summed E-state index contributed by atoms with van der Waals surface area (Å²) < 4.78 is 17.8. The second-order valence-corrected chi connectivity index (χ2v) is 9.52. The van der Waals surface area contributed by atoms with Gasteiger partial charge in [-0.25, -0.2) is 4.79 Å². The molecule has 0 spiro atoms. The largest absolute Gasteiger partial charge is 0.492 e. The van der Waals surface area contributed by atoms with Crippen molar-refractivity contribution in [1.29, 1.82) is 0 Å². The van der Waals surface area contributed by atoms with Crippen molar-refractivity contribution in [3.8, 4) is 0 Å². The van der Waals surface area contributed by atoms with Crippen molar-refractivity contribution in [2.45, 2.75) is 79.1 Å². The number of carbonyl (C=O) groups is 1. The van der Waals surface area contributed by atoms with E-state index in [0.29, 0.717) is 0 Å². The van der Waals surface area contributed by atoms with Crippen LogP contribution in [0.15, 0.2) is 23.7 Å². The Kier molecular flexibility index (Phi) is 6.36. The van der Waals surface area contributed by atoms with E-state index >= 15 is 0 Å². The van der Waals surface area contributed by atoms with Crippen LogP contribution in [0.3, 0.4) is 0 Å². The summed E-state index contributed by atoms with van der Waals surface area (Å²) in [5, 5.41) is 2.84. The van der Waals surface area contributed by atoms with Crippen LogP contribution in [0.5, 0.6) is 0 Å². The Hall–Kier alpha value is -1.79. The molecule has 1 amide bonds. The molecule has 0 radical (unpaired) electrons. The molecule has 0 atom stereocenters. The standard InChI is InChI=1S/C22H34BNO4/c1-15-10-11-16(2)17(12-15)13-18(14-24-19(25)26-20(3,4)5)23-27-21(6,7)22(8,9)28-23/h10-13H,14H2,1-9H3,(H,24,25). The van der Waals surface area contributed by atoms with Gasteiger partial charge in [0.05, 0.1) is 11.2 Å². The lowest BCUT2D eigenvalue weighted by atomic mass is 9.76. The summed E-state index contributed by atoms with van der Waals surface area (Å²) in [5.41, 5.74) is 2.79. The molecule has 1 heterocycles. The molecule has 0 aromatic heterocycles. The second-order valence-electron chi connectivity index (χ2n) is 9.52. The van der Waals surface area contributed by atoms with E-state index < -0.39 is 30.0 Å². The lowest BCUT2D eigenvalue weighted by Gasteiger charge is -2.32. The maximum Gasteiger partial charge on any atom is 0.492 e. The van der Waals surface area contributed by atoms with Gasteiger partial charge in [-0.2, -0.15) is 0 Å². The number of carbonyl (C=O) groups excluding carboxylic acids is 1. The first-order valence-corrected chi connectivity index (χ1v) is 9.80. The predicted molar refractivity (Wildman–Crippen MR) is 114 cm³/mol. The van der Waals surface area contributed by atoms with E-state index in [1.807, 2.05) is 54.5 Å². The molecule has 1 aliphatic rings. The molecule has 1 aromatic carbocycles. The van der Waals surface area contributed by atoms with Crippen LogP contribution in [0.4, 0.5) is 4.79 Å². The molecule has 154 valence electrons. The Morgan fingerprint density at radius 3 is 2.25 bits per heavy atom. The van der Waals surface area contributed by atoms with E-state index in [4.69, 9.17) is 14.0 Å². The summed E-state index contributed by atoms with van der Waals surface area (Å²) in [6.07, 6.45) is 1.58. The van der Waals surface area contributed by atoms with Gasteiger partial charge in [-0.05, 0) is 78.9 Å². The molecule has 1 saturated heterocycles. The average Bonchev–Trinajstić information content (AvgIpc) is 2.73. The van der Waals surface area contributed by atoms with Crippen molar-refractivity contribution >= 4 is 19.3 Å². The molecule has 0 saturated carbocycles. The number of rotatable bonds is 4. The predicted octanol–water partition coefficient (Wildman–Crippen LogP) is 4.84. The van der Waals surface area contributed by atoms with Crippen molar-refractivity contribution in [3.05, 3.63) is 40.4 Å². The highest BCUT2D eigenvalue weighted by molar-refractivity contribution is 6.56. The number of ether oxygens (including phenoxy) is 1. The first kappa shape index (κ1) is 22.5. The molecular weight excluding hydrogens is 353 g/mol. The number of nitrogens with one attached hydrogen (secondary N) is 1. The van der Waals surface area contributed by atoms with Crippen molar-refractivity contribution in [1.82, 2.24) is 5.32 Å². The van der Waals surface area contributed by atoms with Gasteiger partial charge in [-0.1, -0.05) is 29.8 Å². The van der Waals surface area contributed by atoms with E-state index in [-0.39, 0.29) is 6.54 Å². The normalized spacial score (nSPS) is 18.9. The second kappa shape index (κ2) is 7.92. The third-order valence-corrected chi connectivity index (χ3v) is 5.17. The molecule has 2 rings (SSSR count). The Morgan fingerprint density at radius 2 is 1.71 bits per heavy atom. The highest BCUT2D eigenvalue weighted by Crippen LogP contribution is 2.38. The Morgan fingerprint density at radius 1 is 1.14 bits per heavy atom. The molecule has 1 fully saturated rings. The maximum atomic E-state index is 12.2. The smallest absolute Gasteiger partial charge is 0.444 e. The van der Waals surface area contributed by atoms with Crippen molar-refractivity contribution in [2.75, 3.05) is 6.54 Å². The monoisotopic (exact) mass is 387 g/mol. The highest BCUT2D eigenvalue weighted by atomic mass is 16.7. The lowest BCUT2D eigenvalue weighted by Crippen LogP contribution is -2.41. The van der Waals surface area contributed by atoms with Gasteiger partial charge in [-0.15, -0.1) is 0 Å². The fourth-order valence-corrected chi connectivity index (χ4v) is 2.80. The zero-order valence-corrected chi connectivity index (χ0v) is 18.7. The first-order valence-electron chi connectivity index (χ1n) is 9.80. The van der Waals surface area contributed by atoms with Gasteiger partial charge in [0.1, 0.15) is 5.60 Å². The van der Waals surface area contributed by atoms with Gasteiger partial charge < -0.3 is 19.4 Å². The highest BCUT2D eigenvalue weighted by Gasteiger charge is 2.52. The van der Waals surface area contributed by atoms with Gasteiger partial charge in [0.15, 0.2) is 0 Å². The lowest BCUT2D eigenvalue weighted by molar-refractivity contribution is 0.00578. The number of amides is 1. The SMILES string of the molecule is Cc1ccc(C)c(C=C(CNC(=O)OC(C)(C)C)B2OC(C)(C)C(C)(C)O2)c1. The summed E-state index contributed by atoms with van der Waals surface area (Å²) in [5.74, 6) is 0. The number of alkyl carbamates (subject to hydrolysis) is 1. The van der Waals surface area contributed by atoms with Gasteiger partial charge in [0.2, 0.25) is 0 Å². The average molecular weight is 387 g/mol. The molecule has 0 aliphatic carbocycles. The van der Waals surface area contributed by atoms with Crippen LogP contribution in [0, 0.1) is 13.8 Å². The molecule has 1 aromatic rings. The van der Waals surface area contributed by atoms with E-state index in [9.17, 15) is 4.79 Å². The van der Waals surface area contributed by atoms with Crippen LogP contribution in [0.1, 0.15) is 65.2 Å². The molecule has 28 heavy (non-hydrogen) atoms. The number of benzene rings is 1. The molecule has 1 aliphatic heterocycles. The molecule has 6 heteroatoms. The van der Waals surface area contributed by atoms with E-state index in [2.05, 4.69) is 37.4 Å². The molecule has 1 N–H and O–H groups in total. The van der Waals surface area contributed by atoms with Crippen LogP contribution in [-0.2, 0) is 14.0 Å². The summed E-state index contributed by atoms with van der Waals surface area (Å²) in [6, 6.07) is 6.29. The third-order valence-electron chi connectivity index (χ3n) is 5.17. The Bertz CT molecular complexity index is 746. The minimum atomic E-state index is -0.550. The fraction of sp³-hybridized carbons (Fsp3) is 0.591. The van der Waals surface area contributed by atoms with Crippen molar-refractivity contribution < 1.29 is 18.8 Å². The topological polar surface area (TPSA) is 56.8 Å². The Balaban J connectivity index is 2.30. The zero-order chi connectivity index (χ0) is 21.3. The summed E-state index contributed by atoms with van der Waals surface area (Å²) in [7, 11) is -0.542. The summed E-state index contributed by atoms with van der Waals surface area (Å²) >= 11 is 0. The molecule has 5 nitrogen and oxygen atoms in total. The van der Waals surface area contributed by atoms with Crippen LogP contribution in [0.25, 0.3) is 6.08 Å². The number of hydrogen-bond acceptors (Lipinski definition) is 4. The summed E-state index contributed by atoms with van der Waals surface area (Å²) in [6.45, 7) is 18.0. The molecule has 0 unspecified atom stereocenters. The Labute approximate surface area is 170 Å². The minimum Gasteiger partial charge on any atom is -0.444 e. The maximum absolute atomic E-state index is 12.2. The van der Waals surface area contributed by atoms with Crippen LogP contribution in [0.2, 0.25) is 0 Å². The quantitative estimate of drug-likeness (QED) is 0.751. The first-order chi connectivity index (χ1) is 12.7. The third kappa shape index (κ3) is 5.61. The van der Waals surface area contributed by atoms with Crippen molar-refractivity contribution in [2.24, 2.45) is 0 Å². The van der Waals surface area contributed by atoms with Gasteiger partial charge in [0, 0.05) is 6.54 Å². The van der Waals surface area contributed by atoms with E-state index in [0.717, 1.165) is 16.6 Å². The zero-order valence-electron chi connectivity index (χ0n) is 18.7. The van der Waals surface area contributed by atoms with Crippen LogP contribution < -0.4 is 5.32 Å². The number of hydrogen-bond donors (Lipinski definition) is 1. The summed E-state index contributed by atoms with van der Waals surface area (Å²) in [4.78, 5) is 12.2. The minimum absolute atomic E-state index is 0.277. The van der Waals surface area contributed by atoms with E-state index in [1.165, 1.54) is 5.56 Å². The van der Waals surface area contributed by atoms with Crippen LogP contribution in [-0.4, -0.2) is 36.6 Å². The van der Waals surface area contributed by atoms with Gasteiger partial charge >= 0.3 is 13.2 Å². The van der Waals surface area contributed by atoms with Crippen LogP contribution >= 0.6 is 0 Å². The van der Waals surface area contributed by atoms with E-state index in [1.54, 1.807) is 0 Å². The molecule has 0 bridgehead atoms. The van der Waals surface area contributed by atoms with Crippen molar-refractivity contribution in [3.63, 3.8) is 0 Å². The van der Waals surface area contributed by atoms with Gasteiger partial charge in [-0.3, -0.25) is 0 Å². The molecular formula is C22H34BNO4.